The van der Waals surface area contributed by atoms with E-state index in [4.69, 9.17) is 4.84 Å². The summed E-state index contributed by atoms with van der Waals surface area (Å²) in [7, 11) is 0. The molecule has 4 aliphatic rings. The Morgan fingerprint density at radius 2 is 1.61 bits per heavy atom. The second-order valence-electron chi connectivity index (χ2n) is 6.74. The molecule has 4 rings (SSSR count). The molecule has 0 spiro atoms. The lowest BCUT2D eigenvalue weighted by atomic mass is 9.53. The Hall–Kier alpha value is -1.06. The molecule has 0 aromatic carbocycles. The van der Waals surface area contributed by atoms with Gasteiger partial charge >= 0.3 is 6.09 Å². The van der Waals surface area contributed by atoms with Crippen LogP contribution in [-0.4, -0.2) is 17.3 Å². The van der Waals surface area contributed by atoms with E-state index in [1.807, 2.05) is 13.8 Å². The number of rotatable bonds is 2. The molecule has 4 aliphatic carbocycles. The van der Waals surface area contributed by atoms with E-state index in [0.29, 0.717) is 0 Å². The second kappa shape index (κ2) is 4.25. The molecule has 4 heteroatoms. The van der Waals surface area contributed by atoms with Gasteiger partial charge in [-0.2, -0.15) is 0 Å². The zero-order valence-corrected chi connectivity index (χ0v) is 11.2. The quantitative estimate of drug-likeness (QED) is 0.465. The van der Waals surface area contributed by atoms with E-state index in [0.717, 1.165) is 42.7 Å². The number of hydrogen-bond donors (Lipinski definition) is 1. The normalized spacial score (nSPS) is 40.4. The molecule has 4 nitrogen and oxygen atoms in total. The first-order chi connectivity index (χ1) is 8.55. The minimum absolute atomic E-state index is 0.0169. The lowest BCUT2D eigenvalue weighted by Crippen LogP contribution is -2.59. The molecule has 100 valence electrons. The number of nitrogens with one attached hydrogen (secondary N) is 1. The molecule has 0 aliphatic heterocycles. The van der Waals surface area contributed by atoms with Gasteiger partial charge in [-0.15, -0.1) is 0 Å². The molecule has 0 aromatic rings. The number of nitrogens with zero attached hydrogens (tertiary/aromatic N) is 1. The van der Waals surface area contributed by atoms with E-state index in [1.165, 1.54) is 19.3 Å². The molecular weight excluding hydrogens is 228 g/mol. The summed E-state index contributed by atoms with van der Waals surface area (Å²) in [5, 5.41) is 6.84. The van der Waals surface area contributed by atoms with Gasteiger partial charge in [0.15, 0.2) is 0 Å². The summed E-state index contributed by atoms with van der Waals surface area (Å²) >= 11 is 0. The Bertz CT molecular complexity index is 350. The van der Waals surface area contributed by atoms with Crippen LogP contribution in [-0.2, 0) is 4.84 Å². The Morgan fingerprint density at radius 1 is 1.11 bits per heavy atom. The fraction of sp³-hybridized carbons (Fsp3) is 0.857. The first-order valence-corrected chi connectivity index (χ1v) is 7.05. The van der Waals surface area contributed by atoms with Crippen molar-refractivity contribution in [1.82, 2.24) is 5.32 Å². The van der Waals surface area contributed by atoms with Crippen LogP contribution in [0.25, 0.3) is 0 Å². The van der Waals surface area contributed by atoms with Gasteiger partial charge in [-0.25, -0.2) is 4.79 Å². The molecule has 1 amide bonds. The van der Waals surface area contributed by atoms with Crippen LogP contribution in [0.15, 0.2) is 5.16 Å². The van der Waals surface area contributed by atoms with Crippen molar-refractivity contribution in [1.29, 1.82) is 0 Å². The molecule has 4 bridgehead atoms. The van der Waals surface area contributed by atoms with E-state index in [9.17, 15) is 4.79 Å². The Kier molecular flexibility index (Phi) is 2.83. The number of oxime groups is 1. The number of carbonyl (C=O) groups is 1. The number of carbonyl (C=O) groups excluding carboxylic acids is 1. The van der Waals surface area contributed by atoms with Crippen LogP contribution in [0.4, 0.5) is 4.79 Å². The highest BCUT2D eigenvalue weighted by Gasteiger charge is 2.51. The van der Waals surface area contributed by atoms with Gasteiger partial charge in [0, 0.05) is 5.54 Å². The van der Waals surface area contributed by atoms with Gasteiger partial charge < -0.3 is 5.32 Å². The fourth-order valence-electron chi connectivity index (χ4n) is 4.64. The van der Waals surface area contributed by atoms with Crippen molar-refractivity contribution < 1.29 is 9.63 Å². The van der Waals surface area contributed by atoms with Crippen LogP contribution in [0.2, 0.25) is 0 Å². The summed E-state index contributed by atoms with van der Waals surface area (Å²) in [4.78, 5) is 16.7. The number of amides is 1. The Morgan fingerprint density at radius 3 is 2.06 bits per heavy atom. The lowest BCUT2D eigenvalue weighted by Gasteiger charge is -2.56. The molecule has 1 N–H and O–H groups in total. The molecule has 0 saturated heterocycles. The highest BCUT2D eigenvalue weighted by atomic mass is 16.7. The van der Waals surface area contributed by atoms with Crippen LogP contribution >= 0.6 is 0 Å². The maximum absolute atomic E-state index is 11.8. The summed E-state index contributed by atoms with van der Waals surface area (Å²) in [6, 6.07) is 0. The topological polar surface area (TPSA) is 50.7 Å². The zero-order valence-electron chi connectivity index (χ0n) is 11.2. The van der Waals surface area contributed by atoms with Crippen LogP contribution in [0, 0.1) is 17.8 Å². The molecular formula is C14H22N2O2. The highest BCUT2D eigenvalue weighted by molar-refractivity contribution is 5.79. The van der Waals surface area contributed by atoms with Crippen molar-refractivity contribution in [2.24, 2.45) is 22.9 Å². The minimum atomic E-state index is -0.377. The molecule has 0 aromatic heterocycles. The Labute approximate surface area is 108 Å². The van der Waals surface area contributed by atoms with E-state index in [2.05, 4.69) is 10.5 Å². The SMILES string of the molecule is CC(C)=NOC(=O)NC12CC3CC(CC(C3)C1)C2. The maximum Gasteiger partial charge on any atom is 0.433 e. The van der Waals surface area contributed by atoms with Gasteiger partial charge in [0.1, 0.15) is 0 Å². The van der Waals surface area contributed by atoms with Gasteiger partial charge in [0.2, 0.25) is 0 Å². The van der Waals surface area contributed by atoms with Gasteiger partial charge in [0.05, 0.1) is 5.71 Å². The number of hydrogen-bond acceptors (Lipinski definition) is 3. The van der Waals surface area contributed by atoms with Crippen molar-refractivity contribution >= 4 is 11.8 Å². The second-order valence-corrected chi connectivity index (χ2v) is 6.74. The van der Waals surface area contributed by atoms with Crippen LogP contribution in [0.3, 0.4) is 0 Å². The molecule has 4 fully saturated rings. The highest BCUT2D eigenvalue weighted by Crippen LogP contribution is 2.55. The molecule has 4 saturated carbocycles. The molecule has 0 atom stereocenters. The van der Waals surface area contributed by atoms with Crippen LogP contribution < -0.4 is 5.32 Å². The van der Waals surface area contributed by atoms with Gasteiger partial charge in [0.25, 0.3) is 0 Å². The van der Waals surface area contributed by atoms with Crippen LogP contribution in [0.5, 0.6) is 0 Å². The molecule has 0 unspecified atom stereocenters. The summed E-state index contributed by atoms with van der Waals surface area (Å²) in [6.45, 7) is 3.63. The van der Waals surface area contributed by atoms with Gasteiger partial charge in [-0.1, -0.05) is 5.16 Å². The lowest BCUT2D eigenvalue weighted by molar-refractivity contribution is -0.0190. The third kappa shape index (κ3) is 2.25. The maximum atomic E-state index is 11.8. The van der Waals surface area contributed by atoms with E-state index in [-0.39, 0.29) is 11.6 Å². The van der Waals surface area contributed by atoms with Gasteiger partial charge in [-0.05, 0) is 70.1 Å². The first kappa shape index (κ1) is 12.0. The average molecular weight is 250 g/mol. The summed E-state index contributed by atoms with van der Waals surface area (Å²) in [5.41, 5.74) is 0.777. The molecule has 0 radical (unpaired) electrons. The monoisotopic (exact) mass is 250 g/mol. The zero-order chi connectivity index (χ0) is 12.8. The molecule has 0 heterocycles. The first-order valence-electron chi connectivity index (χ1n) is 7.05. The fourth-order valence-corrected chi connectivity index (χ4v) is 4.64. The van der Waals surface area contributed by atoms with Crippen molar-refractivity contribution in [2.75, 3.05) is 0 Å². The summed E-state index contributed by atoms with van der Waals surface area (Å²) < 4.78 is 0. The summed E-state index contributed by atoms with van der Waals surface area (Å²) in [5.74, 6) is 2.48. The van der Waals surface area contributed by atoms with E-state index >= 15 is 0 Å². The minimum Gasteiger partial charge on any atom is -0.314 e. The smallest absolute Gasteiger partial charge is 0.314 e. The standard InChI is InChI=1S/C14H22N2O2/c1-9(2)16-18-13(17)15-14-6-10-3-11(7-14)5-12(4-10)8-14/h10-12H,3-8H2,1-2H3,(H,15,17). The Balaban J connectivity index is 1.65. The van der Waals surface area contributed by atoms with Crippen molar-refractivity contribution in [3.63, 3.8) is 0 Å². The summed E-state index contributed by atoms with van der Waals surface area (Å²) in [6.07, 6.45) is 7.18. The third-order valence-corrected chi connectivity index (χ3v) is 4.72. The third-order valence-electron chi connectivity index (χ3n) is 4.72. The molecule has 18 heavy (non-hydrogen) atoms. The predicted octanol–water partition coefficient (Wildman–Crippen LogP) is 3.08. The predicted molar refractivity (Wildman–Crippen MR) is 69.3 cm³/mol. The average Bonchev–Trinajstić information content (AvgIpc) is 2.23. The van der Waals surface area contributed by atoms with Crippen LogP contribution in [0.1, 0.15) is 52.4 Å². The van der Waals surface area contributed by atoms with Gasteiger partial charge in [-0.3, -0.25) is 4.84 Å². The van der Waals surface area contributed by atoms with Crippen molar-refractivity contribution in [3.05, 3.63) is 0 Å². The van der Waals surface area contributed by atoms with Crippen molar-refractivity contribution in [3.8, 4) is 0 Å². The largest absolute Gasteiger partial charge is 0.433 e. The van der Waals surface area contributed by atoms with Crippen molar-refractivity contribution in [2.45, 2.75) is 57.9 Å². The van der Waals surface area contributed by atoms with E-state index in [1.54, 1.807) is 0 Å². The van der Waals surface area contributed by atoms with E-state index < -0.39 is 0 Å².